The molecule has 96 valence electrons. The maximum atomic E-state index is 9.47. The molecule has 1 aromatic rings. The molecule has 1 rings (SSSR count). The Hall–Kier alpha value is -1.26. The smallest absolute Gasteiger partial charge is 0.142 e. The van der Waals surface area contributed by atoms with E-state index < -0.39 is 6.10 Å². The number of hydrogen-bond acceptors (Lipinski definition) is 4. The molecule has 0 aliphatic heterocycles. The average molecular weight is 239 g/mol. The molecule has 1 unspecified atom stereocenters. The minimum Gasteiger partial charge on any atom is -0.495 e. The summed E-state index contributed by atoms with van der Waals surface area (Å²) in [6.07, 6.45) is -0.745. The molecule has 0 saturated heterocycles. The number of likely N-dealkylation sites (N-methyl/N-ethyl adjacent to an activating group) is 1. The van der Waals surface area contributed by atoms with Crippen LogP contribution in [0.2, 0.25) is 0 Å². The van der Waals surface area contributed by atoms with E-state index in [2.05, 4.69) is 6.07 Å². The van der Waals surface area contributed by atoms with Crippen LogP contribution < -0.4 is 9.64 Å². The van der Waals surface area contributed by atoms with E-state index >= 15 is 0 Å². The Balaban J connectivity index is 3.03. The minimum absolute atomic E-state index is 0.239. The molecule has 0 spiro atoms. The first-order valence-corrected chi connectivity index (χ1v) is 5.65. The number of ether oxygens (including phenoxy) is 1. The van der Waals surface area contributed by atoms with Crippen LogP contribution in [0.1, 0.15) is 11.1 Å². The standard InChI is InChI=1S/C13H21NO3/c1-9-5-10(2)13(12(6-9)17-4)14(3)7-11(16)8-15/h5-6,11,15-16H,7-8H2,1-4H3. The second-order valence-electron chi connectivity index (χ2n) is 4.35. The molecule has 0 heterocycles. The van der Waals surface area contributed by atoms with Gasteiger partial charge in [0.25, 0.3) is 0 Å². The van der Waals surface area contributed by atoms with E-state index in [1.54, 1.807) is 7.11 Å². The van der Waals surface area contributed by atoms with Crippen molar-refractivity contribution < 1.29 is 14.9 Å². The number of rotatable bonds is 5. The zero-order chi connectivity index (χ0) is 13.0. The van der Waals surface area contributed by atoms with Gasteiger partial charge < -0.3 is 19.8 Å². The molecule has 0 aliphatic rings. The van der Waals surface area contributed by atoms with Crippen LogP contribution in [-0.4, -0.2) is 43.6 Å². The summed E-state index contributed by atoms with van der Waals surface area (Å²) >= 11 is 0. The van der Waals surface area contributed by atoms with Gasteiger partial charge in [0.2, 0.25) is 0 Å². The Morgan fingerprint density at radius 2 is 2.00 bits per heavy atom. The van der Waals surface area contributed by atoms with E-state index in [0.29, 0.717) is 6.54 Å². The van der Waals surface area contributed by atoms with Crippen LogP contribution in [0.25, 0.3) is 0 Å². The number of anilines is 1. The zero-order valence-electron chi connectivity index (χ0n) is 10.9. The van der Waals surface area contributed by atoms with Gasteiger partial charge in [-0.2, -0.15) is 0 Å². The summed E-state index contributed by atoms with van der Waals surface area (Å²) in [5, 5.41) is 18.3. The number of nitrogens with zero attached hydrogens (tertiary/aromatic N) is 1. The number of aliphatic hydroxyl groups excluding tert-OH is 2. The fraction of sp³-hybridized carbons (Fsp3) is 0.538. The molecule has 0 aliphatic carbocycles. The molecule has 1 atom stereocenters. The number of benzene rings is 1. The first-order chi connectivity index (χ1) is 7.99. The monoisotopic (exact) mass is 239 g/mol. The zero-order valence-corrected chi connectivity index (χ0v) is 10.9. The summed E-state index contributed by atoms with van der Waals surface area (Å²) in [5.74, 6) is 0.787. The SMILES string of the molecule is COc1cc(C)cc(C)c1N(C)CC(O)CO. The van der Waals surface area contributed by atoms with Crippen molar-refractivity contribution in [3.8, 4) is 5.75 Å². The van der Waals surface area contributed by atoms with Crippen LogP contribution in [0, 0.1) is 13.8 Å². The van der Waals surface area contributed by atoms with Crippen molar-refractivity contribution in [2.24, 2.45) is 0 Å². The van der Waals surface area contributed by atoms with Crippen molar-refractivity contribution in [3.05, 3.63) is 23.3 Å². The molecule has 0 aromatic heterocycles. The predicted octanol–water partition coefficient (Wildman–Crippen LogP) is 1.10. The first kappa shape index (κ1) is 13.8. The molecule has 2 N–H and O–H groups in total. The van der Waals surface area contributed by atoms with Gasteiger partial charge in [0, 0.05) is 13.6 Å². The molecular weight excluding hydrogens is 218 g/mol. The highest BCUT2D eigenvalue weighted by Crippen LogP contribution is 2.32. The molecule has 0 fully saturated rings. The van der Waals surface area contributed by atoms with Gasteiger partial charge in [-0.1, -0.05) is 6.07 Å². The van der Waals surface area contributed by atoms with Crippen LogP contribution in [0.5, 0.6) is 5.75 Å². The lowest BCUT2D eigenvalue weighted by molar-refractivity contribution is 0.101. The van der Waals surface area contributed by atoms with Crippen molar-refractivity contribution in [3.63, 3.8) is 0 Å². The van der Waals surface area contributed by atoms with Gasteiger partial charge in [0.15, 0.2) is 0 Å². The van der Waals surface area contributed by atoms with Gasteiger partial charge >= 0.3 is 0 Å². The predicted molar refractivity (Wildman–Crippen MR) is 68.8 cm³/mol. The van der Waals surface area contributed by atoms with E-state index in [0.717, 1.165) is 22.6 Å². The maximum Gasteiger partial charge on any atom is 0.142 e. The third-order valence-electron chi connectivity index (χ3n) is 2.71. The number of aryl methyl sites for hydroxylation is 2. The maximum absolute atomic E-state index is 9.47. The molecule has 0 radical (unpaired) electrons. The molecular formula is C13H21NO3. The van der Waals surface area contributed by atoms with Gasteiger partial charge in [-0.3, -0.25) is 0 Å². The lowest BCUT2D eigenvalue weighted by Crippen LogP contribution is -2.31. The van der Waals surface area contributed by atoms with Crippen LogP contribution in [-0.2, 0) is 0 Å². The van der Waals surface area contributed by atoms with Crippen LogP contribution in [0.4, 0.5) is 5.69 Å². The van der Waals surface area contributed by atoms with Crippen molar-refractivity contribution in [2.45, 2.75) is 20.0 Å². The van der Waals surface area contributed by atoms with Gasteiger partial charge in [-0.05, 0) is 31.0 Å². The molecule has 0 bridgehead atoms. The first-order valence-electron chi connectivity index (χ1n) is 5.65. The minimum atomic E-state index is -0.745. The lowest BCUT2D eigenvalue weighted by Gasteiger charge is -2.26. The third kappa shape index (κ3) is 3.35. The fourth-order valence-corrected chi connectivity index (χ4v) is 2.03. The quantitative estimate of drug-likeness (QED) is 0.808. The number of aliphatic hydroxyl groups is 2. The Kier molecular flexibility index (Phi) is 4.78. The van der Waals surface area contributed by atoms with E-state index in [9.17, 15) is 5.11 Å². The van der Waals surface area contributed by atoms with Gasteiger partial charge in [-0.15, -0.1) is 0 Å². The third-order valence-corrected chi connectivity index (χ3v) is 2.71. The molecule has 0 saturated carbocycles. The van der Waals surface area contributed by atoms with E-state index in [1.165, 1.54) is 0 Å². The van der Waals surface area contributed by atoms with Gasteiger partial charge in [0.05, 0.1) is 25.5 Å². The highest BCUT2D eigenvalue weighted by molar-refractivity contribution is 5.64. The molecule has 4 heteroatoms. The van der Waals surface area contributed by atoms with Gasteiger partial charge in [-0.25, -0.2) is 0 Å². The Morgan fingerprint density at radius 1 is 1.35 bits per heavy atom. The molecule has 1 aromatic carbocycles. The van der Waals surface area contributed by atoms with Crippen LogP contribution >= 0.6 is 0 Å². The summed E-state index contributed by atoms with van der Waals surface area (Å²) in [7, 11) is 3.51. The Bertz CT molecular complexity index is 379. The largest absolute Gasteiger partial charge is 0.495 e. The average Bonchev–Trinajstić information content (AvgIpc) is 2.27. The highest BCUT2D eigenvalue weighted by Gasteiger charge is 2.14. The normalized spacial score (nSPS) is 12.4. The second-order valence-corrected chi connectivity index (χ2v) is 4.35. The summed E-state index contributed by atoms with van der Waals surface area (Å²) < 4.78 is 5.36. The Morgan fingerprint density at radius 3 is 2.53 bits per heavy atom. The van der Waals surface area contributed by atoms with Crippen LogP contribution in [0.3, 0.4) is 0 Å². The van der Waals surface area contributed by atoms with Crippen molar-refractivity contribution in [1.29, 1.82) is 0 Å². The van der Waals surface area contributed by atoms with E-state index in [4.69, 9.17) is 9.84 Å². The Labute approximate surface area is 102 Å². The molecule has 0 amide bonds. The fourth-order valence-electron chi connectivity index (χ4n) is 2.03. The van der Waals surface area contributed by atoms with Crippen LogP contribution in [0.15, 0.2) is 12.1 Å². The molecule has 4 nitrogen and oxygen atoms in total. The number of hydrogen-bond donors (Lipinski definition) is 2. The highest BCUT2D eigenvalue weighted by atomic mass is 16.5. The van der Waals surface area contributed by atoms with Crippen molar-refractivity contribution in [1.82, 2.24) is 0 Å². The lowest BCUT2D eigenvalue weighted by atomic mass is 10.1. The van der Waals surface area contributed by atoms with Crippen molar-refractivity contribution in [2.75, 3.05) is 32.2 Å². The summed E-state index contributed by atoms with van der Waals surface area (Å²) in [4.78, 5) is 1.90. The van der Waals surface area contributed by atoms with Gasteiger partial charge in [0.1, 0.15) is 5.75 Å². The van der Waals surface area contributed by atoms with E-state index in [1.807, 2.05) is 31.9 Å². The topological polar surface area (TPSA) is 52.9 Å². The summed E-state index contributed by atoms with van der Waals surface area (Å²) in [5.41, 5.74) is 3.18. The van der Waals surface area contributed by atoms with E-state index in [-0.39, 0.29) is 6.61 Å². The summed E-state index contributed by atoms with van der Waals surface area (Å²) in [6.45, 7) is 4.16. The molecule has 17 heavy (non-hydrogen) atoms. The summed E-state index contributed by atoms with van der Waals surface area (Å²) in [6, 6.07) is 4.03. The second kappa shape index (κ2) is 5.89. The van der Waals surface area contributed by atoms with Crippen molar-refractivity contribution >= 4 is 5.69 Å². The number of methoxy groups -OCH3 is 1.